The first-order valence-electron chi connectivity index (χ1n) is 15.9. The van der Waals surface area contributed by atoms with Gasteiger partial charge in [0.2, 0.25) is 10.0 Å². The molecule has 2 fully saturated rings. The minimum absolute atomic E-state index is 0.0265. The Hall–Kier alpha value is -3.58. The van der Waals surface area contributed by atoms with Crippen molar-refractivity contribution in [2.24, 2.45) is 5.92 Å². The lowest BCUT2D eigenvalue weighted by molar-refractivity contribution is -0.146. The third kappa shape index (κ3) is 6.90. The van der Waals surface area contributed by atoms with E-state index in [1.807, 2.05) is 23.1 Å². The molecule has 1 N–H and O–H groups in total. The molecular weight excluding hydrogens is 625 g/mol. The number of rotatable bonds is 8. The molecule has 2 amide bonds. The Labute approximate surface area is 274 Å². The fourth-order valence-corrected chi connectivity index (χ4v) is 9.35. The number of nitrogens with one attached hydrogen (secondary N) is 1. The minimum Gasteiger partial charge on any atom is -0.469 e. The van der Waals surface area contributed by atoms with Crippen molar-refractivity contribution in [1.29, 1.82) is 0 Å². The van der Waals surface area contributed by atoms with Crippen LogP contribution in [-0.2, 0) is 39.1 Å². The largest absolute Gasteiger partial charge is 0.469 e. The first-order valence-corrected chi connectivity index (χ1v) is 18.2. The van der Waals surface area contributed by atoms with Gasteiger partial charge in [0.15, 0.2) is 0 Å². The number of nitrogens with zero attached hydrogens (tertiary/aromatic N) is 3. The number of thiophene rings is 1. The molecule has 2 aromatic carbocycles. The van der Waals surface area contributed by atoms with Crippen LogP contribution in [0.2, 0.25) is 0 Å². The van der Waals surface area contributed by atoms with Gasteiger partial charge in [-0.2, -0.15) is 4.31 Å². The highest BCUT2D eigenvalue weighted by Gasteiger charge is 2.34. The van der Waals surface area contributed by atoms with E-state index in [1.54, 1.807) is 0 Å². The van der Waals surface area contributed by atoms with Crippen LogP contribution in [0.15, 0.2) is 59.5 Å². The zero-order valence-corrected chi connectivity index (χ0v) is 27.7. The molecular formula is C34H40N4O6S2. The van der Waals surface area contributed by atoms with Crippen LogP contribution in [-0.4, -0.2) is 80.1 Å². The second kappa shape index (κ2) is 14.0. The maximum absolute atomic E-state index is 13.9. The number of carbonyl (C=O) groups is 3. The van der Waals surface area contributed by atoms with E-state index in [1.165, 1.54) is 52.6 Å². The highest BCUT2D eigenvalue weighted by Crippen LogP contribution is 2.39. The number of likely N-dealkylation sites (tertiary alicyclic amines) is 1. The molecule has 0 spiro atoms. The van der Waals surface area contributed by atoms with E-state index >= 15 is 0 Å². The third-order valence-corrected chi connectivity index (χ3v) is 12.3. The van der Waals surface area contributed by atoms with Crippen molar-refractivity contribution < 1.29 is 27.5 Å². The highest BCUT2D eigenvalue weighted by molar-refractivity contribution is 7.89. The van der Waals surface area contributed by atoms with Crippen LogP contribution >= 0.6 is 11.3 Å². The zero-order chi connectivity index (χ0) is 32.3. The Morgan fingerprint density at radius 2 is 1.61 bits per heavy atom. The van der Waals surface area contributed by atoms with Gasteiger partial charge >= 0.3 is 5.97 Å². The van der Waals surface area contributed by atoms with Crippen LogP contribution in [0.25, 0.3) is 0 Å². The second-order valence-corrected chi connectivity index (χ2v) is 15.2. The van der Waals surface area contributed by atoms with Crippen LogP contribution < -0.4 is 5.32 Å². The number of methoxy groups -OCH3 is 1. The van der Waals surface area contributed by atoms with Crippen LogP contribution in [0, 0.1) is 5.92 Å². The van der Waals surface area contributed by atoms with Gasteiger partial charge in [0.05, 0.1) is 23.5 Å². The first kappa shape index (κ1) is 32.4. The molecule has 3 aliphatic heterocycles. The number of fused-ring (bicyclic) bond motifs is 1. The van der Waals surface area contributed by atoms with E-state index in [0.717, 1.165) is 49.2 Å². The van der Waals surface area contributed by atoms with Gasteiger partial charge in [-0.15, -0.1) is 11.3 Å². The number of ether oxygens (including phenoxy) is 1. The molecule has 0 saturated carbocycles. The number of piperidine rings is 2. The number of amides is 2. The molecule has 2 saturated heterocycles. The van der Waals surface area contributed by atoms with Crippen molar-refractivity contribution in [3.8, 4) is 0 Å². The first-order chi connectivity index (χ1) is 22.2. The number of sulfonamides is 1. The lowest BCUT2D eigenvalue weighted by Crippen LogP contribution is -2.40. The summed E-state index contributed by atoms with van der Waals surface area (Å²) in [5.74, 6) is -1.04. The molecule has 3 aromatic rings. The van der Waals surface area contributed by atoms with Crippen molar-refractivity contribution in [3.63, 3.8) is 0 Å². The zero-order valence-electron chi connectivity index (χ0n) is 26.1. The Bertz CT molecular complexity index is 1680. The van der Waals surface area contributed by atoms with E-state index in [2.05, 4.69) is 22.3 Å². The third-order valence-electron chi connectivity index (χ3n) is 9.21. The van der Waals surface area contributed by atoms with E-state index in [9.17, 15) is 22.8 Å². The molecule has 4 heterocycles. The molecule has 244 valence electrons. The van der Waals surface area contributed by atoms with Crippen LogP contribution in [0.4, 0.5) is 5.00 Å². The van der Waals surface area contributed by atoms with Crippen LogP contribution in [0.1, 0.15) is 68.8 Å². The van der Waals surface area contributed by atoms with Gasteiger partial charge in [-0.25, -0.2) is 8.42 Å². The van der Waals surface area contributed by atoms with Gasteiger partial charge < -0.3 is 15.0 Å². The lowest BCUT2D eigenvalue weighted by atomic mass is 9.99. The number of hydrogen-bond acceptors (Lipinski definition) is 8. The topological polar surface area (TPSA) is 116 Å². The molecule has 6 rings (SSSR count). The Kier molecular flexibility index (Phi) is 9.88. The normalized spacial score (nSPS) is 18.2. The molecule has 3 aliphatic rings. The smallest absolute Gasteiger partial charge is 0.308 e. The average Bonchev–Trinajstić information content (AvgIpc) is 3.45. The van der Waals surface area contributed by atoms with E-state index in [-0.39, 0.29) is 35.8 Å². The van der Waals surface area contributed by atoms with Crippen molar-refractivity contribution in [1.82, 2.24) is 14.1 Å². The lowest BCUT2D eigenvalue weighted by Gasteiger charge is -2.29. The summed E-state index contributed by atoms with van der Waals surface area (Å²) in [6, 6.07) is 16.2. The van der Waals surface area contributed by atoms with Crippen molar-refractivity contribution in [2.75, 3.05) is 45.2 Å². The second-order valence-electron chi connectivity index (χ2n) is 12.2. The predicted octanol–water partition coefficient (Wildman–Crippen LogP) is 4.76. The number of esters is 1. The van der Waals surface area contributed by atoms with E-state index in [4.69, 9.17) is 4.74 Å². The van der Waals surface area contributed by atoms with Crippen molar-refractivity contribution in [2.45, 2.75) is 56.5 Å². The van der Waals surface area contributed by atoms with Gasteiger partial charge in [-0.1, -0.05) is 30.3 Å². The summed E-state index contributed by atoms with van der Waals surface area (Å²) in [7, 11) is -2.45. The molecule has 0 atom stereocenters. The van der Waals surface area contributed by atoms with E-state index < -0.39 is 15.9 Å². The summed E-state index contributed by atoms with van der Waals surface area (Å²) in [5.41, 5.74) is 3.16. The molecule has 46 heavy (non-hydrogen) atoms. The van der Waals surface area contributed by atoms with Crippen molar-refractivity contribution >= 4 is 44.1 Å². The van der Waals surface area contributed by atoms with Crippen LogP contribution in [0.3, 0.4) is 0 Å². The minimum atomic E-state index is -3.78. The van der Waals surface area contributed by atoms with Gasteiger partial charge in [-0.05, 0) is 73.9 Å². The summed E-state index contributed by atoms with van der Waals surface area (Å²) in [6.45, 7) is 4.22. The number of anilines is 1. The predicted molar refractivity (Wildman–Crippen MR) is 176 cm³/mol. The number of benzene rings is 2. The molecule has 0 bridgehead atoms. The maximum atomic E-state index is 13.9. The van der Waals surface area contributed by atoms with Gasteiger partial charge in [0.1, 0.15) is 5.00 Å². The van der Waals surface area contributed by atoms with Gasteiger partial charge in [-0.3, -0.25) is 19.3 Å². The quantitative estimate of drug-likeness (QED) is 0.346. The molecule has 0 aliphatic carbocycles. The Morgan fingerprint density at radius 1 is 0.913 bits per heavy atom. The Morgan fingerprint density at radius 3 is 2.28 bits per heavy atom. The van der Waals surface area contributed by atoms with Crippen molar-refractivity contribution in [3.05, 3.63) is 81.7 Å². The number of carbonyl (C=O) groups excluding carboxylic acids is 3. The fourth-order valence-electron chi connectivity index (χ4n) is 6.60. The fraction of sp³-hybridized carbons (Fsp3) is 0.441. The monoisotopic (exact) mass is 664 g/mol. The number of hydrogen-bond donors (Lipinski definition) is 1. The van der Waals surface area contributed by atoms with Gasteiger partial charge in [0, 0.05) is 56.3 Å². The van der Waals surface area contributed by atoms with Crippen LogP contribution in [0.5, 0.6) is 0 Å². The molecule has 12 heteroatoms. The maximum Gasteiger partial charge on any atom is 0.308 e. The van der Waals surface area contributed by atoms with Gasteiger partial charge in [0.25, 0.3) is 11.8 Å². The standard InChI is InChI=1S/C34H40N4O6S2/c1-44-34(41)26-14-20-38(21-15-26)46(42,43)27-12-10-25(11-13-27)31(39)35-32-30(33(40)37-17-6-3-7-18-37)28-16-19-36(23-29(28)45-32)22-24-8-4-2-5-9-24/h2,4-5,8-13,26H,3,6-7,14-23H2,1H3,(H,35,39). The average molecular weight is 665 g/mol. The SMILES string of the molecule is COC(=O)C1CCN(S(=O)(=O)c2ccc(C(=O)Nc3sc4c(c3C(=O)N3CCCCC3)CCN(Cc3ccccc3)C4)cc2)CC1. The summed E-state index contributed by atoms with van der Waals surface area (Å²) in [6.07, 6.45) is 4.60. The van der Waals surface area contributed by atoms with E-state index in [0.29, 0.717) is 48.6 Å². The highest BCUT2D eigenvalue weighted by atomic mass is 32.2. The Balaban J connectivity index is 1.19. The molecule has 10 nitrogen and oxygen atoms in total. The molecule has 0 radical (unpaired) electrons. The molecule has 0 unspecified atom stereocenters. The summed E-state index contributed by atoms with van der Waals surface area (Å²) in [5, 5.41) is 3.57. The molecule has 1 aromatic heterocycles. The summed E-state index contributed by atoms with van der Waals surface area (Å²) < 4.78 is 32.8. The summed E-state index contributed by atoms with van der Waals surface area (Å²) >= 11 is 1.46. The summed E-state index contributed by atoms with van der Waals surface area (Å²) in [4.78, 5) is 44.7.